The highest BCUT2D eigenvalue weighted by molar-refractivity contribution is 7.99. The second kappa shape index (κ2) is 11.0. The Hall–Kier alpha value is -3.22. The Morgan fingerprint density at radius 2 is 1.86 bits per heavy atom. The fourth-order valence-electron chi connectivity index (χ4n) is 5.54. The number of furan rings is 1. The first kappa shape index (κ1) is 25.4. The number of carbonyl (C=O) groups excluding carboxylic acids is 1. The van der Waals surface area contributed by atoms with Crippen molar-refractivity contribution in [1.82, 2.24) is 4.90 Å². The van der Waals surface area contributed by atoms with Gasteiger partial charge in [-0.05, 0) is 92.9 Å². The van der Waals surface area contributed by atoms with Crippen LogP contribution in [0.15, 0.2) is 76.0 Å². The second-order valence-electron chi connectivity index (χ2n) is 9.79. The summed E-state index contributed by atoms with van der Waals surface area (Å²) in [5.41, 5.74) is 4.01. The standard InChI is InChI=1S/C31H33NO4S/c1-20(33)29(32-15-13-22(14-16-32)17-21-7-5-4-6-8-21)23-10-12-27-25(18-23)31(37-3)30(36-27)24-9-11-26(34)28(19-24)35-2/h4-12,18-19,22,29,34H,13-17H2,1-3H3. The maximum absolute atomic E-state index is 12.9. The van der Waals surface area contributed by atoms with Gasteiger partial charge in [0.05, 0.1) is 18.0 Å². The first-order chi connectivity index (χ1) is 18.0. The van der Waals surface area contributed by atoms with Crippen LogP contribution in [0.3, 0.4) is 0 Å². The lowest BCUT2D eigenvalue weighted by Crippen LogP contribution is -2.40. The van der Waals surface area contributed by atoms with Gasteiger partial charge in [0.25, 0.3) is 0 Å². The van der Waals surface area contributed by atoms with Gasteiger partial charge in [-0.1, -0.05) is 36.4 Å². The average molecular weight is 516 g/mol. The molecule has 1 N–H and O–H groups in total. The zero-order valence-corrected chi connectivity index (χ0v) is 22.4. The van der Waals surface area contributed by atoms with Gasteiger partial charge in [-0.2, -0.15) is 0 Å². The molecule has 1 aliphatic rings. The first-order valence-corrected chi connectivity index (χ1v) is 14.0. The van der Waals surface area contributed by atoms with Crippen LogP contribution in [0.2, 0.25) is 0 Å². The lowest BCUT2D eigenvalue weighted by Gasteiger charge is -2.36. The lowest BCUT2D eigenvalue weighted by molar-refractivity contribution is -0.123. The molecule has 1 fully saturated rings. The van der Waals surface area contributed by atoms with Gasteiger partial charge in [0.1, 0.15) is 11.3 Å². The average Bonchev–Trinajstić information content (AvgIpc) is 3.28. The maximum atomic E-state index is 12.9. The number of benzene rings is 3. The Morgan fingerprint density at radius 3 is 2.54 bits per heavy atom. The molecule has 0 bridgehead atoms. The number of aromatic hydroxyl groups is 1. The van der Waals surface area contributed by atoms with Crippen molar-refractivity contribution in [3.05, 3.63) is 77.9 Å². The number of thioether (sulfide) groups is 1. The number of methoxy groups -OCH3 is 1. The third-order valence-corrected chi connectivity index (χ3v) is 8.21. The molecule has 2 heterocycles. The Labute approximate surface area is 222 Å². The van der Waals surface area contributed by atoms with Crippen molar-refractivity contribution in [2.45, 2.75) is 37.1 Å². The molecule has 0 radical (unpaired) electrons. The summed E-state index contributed by atoms with van der Waals surface area (Å²) in [5, 5.41) is 11.0. The van der Waals surface area contributed by atoms with Crippen LogP contribution in [-0.2, 0) is 11.2 Å². The number of hydrogen-bond donors (Lipinski definition) is 1. The molecule has 1 aromatic heterocycles. The van der Waals surface area contributed by atoms with Gasteiger partial charge in [0, 0.05) is 10.9 Å². The van der Waals surface area contributed by atoms with Crippen molar-refractivity contribution < 1.29 is 19.1 Å². The van der Waals surface area contributed by atoms with E-state index in [1.807, 2.05) is 24.5 Å². The quantitative estimate of drug-likeness (QED) is 0.252. The summed E-state index contributed by atoms with van der Waals surface area (Å²) in [6, 6.07) is 21.8. The molecular formula is C31H33NO4S. The molecule has 0 spiro atoms. The Morgan fingerprint density at radius 1 is 1.11 bits per heavy atom. The summed E-state index contributed by atoms with van der Waals surface area (Å²) in [4.78, 5) is 16.3. The van der Waals surface area contributed by atoms with Crippen LogP contribution in [0.1, 0.15) is 36.9 Å². The van der Waals surface area contributed by atoms with Crippen molar-refractivity contribution in [3.63, 3.8) is 0 Å². The monoisotopic (exact) mass is 515 g/mol. The minimum Gasteiger partial charge on any atom is -0.504 e. The van der Waals surface area contributed by atoms with E-state index in [1.165, 1.54) is 12.7 Å². The van der Waals surface area contributed by atoms with Gasteiger partial charge in [-0.3, -0.25) is 9.69 Å². The maximum Gasteiger partial charge on any atom is 0.161 e. The van der Waals surface area contributed by atoms with Gasteiger partial charge in [-0.25, -0.2) is 0 Å². The number of phenolic OH excluding ortho intramolecular Hbond substituents is 1. The van der Waals surface area contributed by atoms with E-state index in [4.69, 9.17) is 9.15 Å². The van der Waals surface area contributed by atoms with Gasteiger partial charge in [0.2, 0.25) is 0 Å². The van der Waals surface area contributed by atoms with Gasteiger partial charge in [0.15, 0.2) is 17.3 Å². The van der Waals surface area contributed by atoms with E-state index in [0.717, 1.165) is 65.1 Å². The number of ketones is 1. The SMILES string of the molecule is COc1cc(-c2oc3ccc(C(C(C)=O)N4CCC(Cc5ccccc5)CC4)cc3c2SC)ccc1O. The molecule has 3 aromatic carbocycles. The van der Waals surface area contributed by atoms with Crippen molar-refractivity contribution in [2.75, 3.05) is 26.5 Å². The summed E-state index contributed by atoms with van der Waals surface area (Å²) < 4.78 is 11.6. The third kappa shape index (κ3) is 5.27. The van der Waals surface area contributed by atoms with Crippen LogP contribution in [0.5, 0.6) is 11.5 Å². The highest BCUT2D eigenvalue weighted by atomic mass is 32.2. The van der Waals surface area contributed by atoms with Crippen LogP contribution in [0, 0.1) is 5.92 Å². The van der Waals surface area contributed by atoms with E-state index in [2.05, 4.69) is 41.3 Å². The fourth-order valence-corrected chi connectivity index (χ4v) is 6.26. The summed E-state index contributed by atoms with van der Waals surface area (Å²) >= 11 is 1.61. The zero-order valence-electron chi connectivity index (χ0n) is 21.6. The number of phenols is 1. The van der Waals surface area contributed by atoms with E-state index >= 15 is 0 Å². The number of likely N-dealkylation sites (tertiary alicyclic amines) is 1. The normalized spacial score (nSPS) is 15.6. The van der Waals surface area contributed by atoms with Crippen molar-refractivity contribution in [2.24, 2.45) is 5.92 Å². The lowest BCUT2D eigenvalue weighted by atomic mass is 9.88. The minimum atomic E-state index is -0.260. The van der Waals surface area contributed by atoms with Crippen molar-refractivity contribution in [3.8, 4) is 22.8 Å². The van der Waals surface area contributed by atoms with Crippen molar-refractivity contribution in [1.29, 1.82) is 0 Å². The third-order valence-electron chi connectivity index (χ3n) is 7.39. The van der Waals surface area contributed by atoms with E-state index in [9.17, 15) is 9.90 Å². The number of fused-ring (bicyclic) bond motifs is 1. The number of Topliss-reactive ketones (excluding diaryl/α,β-unsaturated/α-hetero) is 1. The van der Waals surface area contributed by atoms with E-state index in [0.29, 0.717) is 11.7 Å². The highest BCUT2D eigenvalue weighted by Gasteiger charge is 2.30. The number of rotatable bonds is 8. The molecule has 5 nitrogen and oxygen atoms in total. The van der Waals surface area contributed by atoms with Crippen LogP contribution in [-0.4, -0.2) is 42.2 Å². The molecule has 37 heavy (non-hydrogen) atoms. The highest BCUT2D eigenvalue weighted by Crippen LogP contribution is 2.43. The Balaban J connectivity index is 1.41. The van der Waals surface area contributed by atoms with Crippen LogP contribution < -0.4 is 4.74 Å². The van der Waals surface area contributed by atoms with Crippen LogP contribution in [0.25, 0.3) is 22.3 Å². The van der Waals surface area contributed by atoms with Gasteiger partial charge in [-0.15, -0.1) is 11.8 Å². The summed E-state index contributed by atoms with van der Waals surface area (Å²) in [7, 11) is 1.53. The predicted octanol–water partition coefficient (Wildman–Crippen LogP) is 7.12. The van der Waals surface area contributed by atoms with E-state index in [1.54, 1.807) is 30.8 Å². The molecule has 1 unspecified atom stereocenters. The molecule has 6 heteroatoms. The van der Waals surface area contributed by atoms with E-state index in [-0.39, 0.29) is 17.6 Å². The van der Waals surface area contributed by atoms with Gasteiger partial charge >= 0.3 is 0 Å². The fraction of sp³-hybridized carbons (Fsp3) is 0.323. The number of carbonyl (C=O) groups is 1. The molecule has 4 aromatic rings. The van der Waals surface area contributed by atoms with Crippen LogP contribution in [0.4, 0.5) is 0 Å². The molecule has 0 aliphatic carbocycles. The molecule has 1 saturated heterocycles. The largest absolute Gasteiger partial charge is 0.504 e. The molecular weight excluding hydrogens is 482 g/mol. The Kier molecular flexibility index (Phi) is 7.58. The number of hydrogen-bond acceptors (Lipinski definition) is 6. The number of ether oxygens (including phenoxy) is 1. The Bertz CT molecular complexity index is 1390. The molecule has 0 amide bonds. The van der Waals surface area contributed by atoms with Crippen LogP contribution >= 0.6 is 11.8 Å². The number of nitrogens with zero attached hydrogens (tertiary/aromatic N) is 1. The topological polar surface area (TPSA) is 62.9 Å². The molecule has 1 atom stereocenters. The molecule has 1 aliphatic heterocycles. The summed E-state index contributed by atoms with van der Waals surface area (Å²) in [5.74, 6) is 2.04. The number of piperidine rings is 1. The molecule has 192 valence electrons. The smallest absolute Gasteiger partial charge is 0.161 e. The van der Waals surface area contributed by atoms with Gasteiger partial charge < -0.3 is 14.3 Å². The second-order valence-corrected chi connectivity index (χ2v) is 10.6. The summed E-state index contributed by atoms with van der Waals surface area (Å²) in [6.07, 6.45) is 5.31. The van der Waals surface area contributed by atoms with Crippen molar-refractivity contribution >= 4 is 28.5 Å². The molecule has 0 saturated carbocycles. The summed E-state index contributed by atoms with van der Waals surface area (Å²) in [6.45, 7) is 3.53. The zero-order chi connectivity index (χ0) is 25.9. The molecule has 5 rings (SSSR count). The minimum absolute atomic E-state index is 0.0900. The van der Waals surface area contributed by atoms with E-state index < -0.39 is 0 Å². The predicted molar refractivity (Wildman–Crippen MR) is 150 cm³/mol. The first-order valence-electron chi connectivity index (χ1n) is 12.7.